The number of likely N-dealkylation sites (tertiary alicyclic amines) is 1. The van der Waals surface area contributed by atoms with Gasteiger partial charge in [0.2, 0.25) is 17.7 Å². The number of carbonyl (C=O) groups excluding carboxylic acids is 4. The molecule has 0 aliphatic carbocycles. The first-order valence-electron chi connectivity index (χ1n) is 15.6. The summed E-state index contributed by atoms with van der Waals surface area (Å²) >= 11 is 0. The summed E-state index contributed by atoms with van der Waals surface area (Å²) in [6.07, 6.45) is 0.555. The Bertz CT molecular complexity index is 2110. The van der Waals surface area contributed by atoms with Crippen LogP contribution in [-0.4, -0.2) is 84.6 Å². The Balaban J connectivity index is 1.02. The van der Waals surface area contributed by atoms with Gasteiger partial charge in [0.1, 0.15) is 18.0 Å². The minimum atomic E-state index is -3.89. The smallest absolute Gasteiger partial charge is 0.267 e. The third kappa shape index (κ3) is 5.97. The number of amides is 4. The summed E-state index contributed by atoms with van der Waals surface area (Å²) in [6, 6.07) is 10.1. The standard InChI is InChI=1S/C32H32F3N7O7S/c1-40-23-11-16(2-4-20(23)29(38-40)21-6-7-25(44)37-31(21)47)22-8-9-41(15-32(22,34)35)13-26(45)36-18-3-5-19-17(10-18)12-24(43)30(28(19)33)42-14-27(46)39-50(42,48)49/h2-5,10-12,21-22,43,48-49H,6-9,13-15H2,1H3,(H,36,45)(H,39,46)(H,37,44,47). The van der Waals surface area contributed by atoms with Gasteiger partial charge < -0.3 is 10.4 Å². The van der Waals surface area contributed by atoms with Gasteiger partial charge in [-0.15, -0.1) is 0 Å². The maximum Gasteiger partial charge on any atom is 0.267 e. The van der Waals surface area contributed by atoms with E-state index in [0.29, 0.717) is 32.9 Å². The molecule has 50 heavy (non-hydrogen) atoms. The van der Waals surface area contributed by atoms with Crippen molar-refractivity contribution in [2.45, 2.75) is 37.0 Å². The van der Waals surface area contributed by atoms with Crippen molar-refractivity contribution in [3.05, 3.63) is 59.5 Å². The summed E-state index contributed by atoms with van der Waals surface area (Å²) in [6.45, 7) is -1.41. The number of aromatic hydroxyl groups is 1. The van der Waals surface area contributed by atoms with Gasteiger partial charge in [0, 0.05) is 29.9 Å². The lowest BCUT2D eigenvalue weighted by Gasteiger charge is -2.38. The van der Waals surface area contributed by atoms with Gasteiger partial charge >= 0.3 is 0 Å². The van der Waals surface area contributed by atoms with E-state index in [1.54, 1.807) is 29.9 Å². The van der Waals surface area contributed by atoms with E-state index >= 15 is 13.2 Å². The lowest BCUT2D eigenvalue weighted by molar-refractivity contribution is -0.134. The highest BCUT2D eigenvalue weighted by Gasteiger charge is 2.46. The highest BCUT2D eigenvalue weighted by molar-refractivity contribution is 8.24. The largest absolute Gasteiger partial charge is 0.506 e. The first kappa shape index (κ1) is 33.6. The zero-order valence-corrected chi connectivity index (χ0v) is 27.3. The average Bonchev–Trinajstić information content (AvgIpc) is 3.49. The number of phenols is 1. The van der Waals surface area contributed by atoms with Crippen molar-refractivity contribution in [1.82, 2.24) is 24.7 Å². The molecule has 3 aliphatic heterocycles. The number of nitrogens with zero attached hydrogens (tertiary/aromatic N) is 4. The van der Waals surface area contributed by atoms with Crippen molar-refractivity contribution < 1.29 is 46.6 Å². The van der Waals surface area contributed by atoms with Crippen LogP contribution in [0.5, 0.6) is 5.75 Å². The van der Waals surface area contributed by atoms with Crippen molar-refractivity contribution in [2.24, 2.45) is 7.05 Å². The molecule has 0 radical (unpaired) electrons. The van der Waals surface area contributed by atoms with Crippen LogP contribution in [0.2, 0.25) is 0 Å². The topological polar surface area (TPSA) is 189 Å². The lowest BCUT2D eigenvalue weighted by atomic mass is 9.85. The Labute approximate surface area is 283 Å². The van der Waals surface area contributed by atoms with Crippen LogP contribution in [0.3, 0.4) is 0 Å². The van der Waals surface area contributed by atoms with Gasteiger partial charge in [-0.05, 0) is 71.6 Å². The second-order valence-corrected chi connectivity index (χ2v) is 14.4. The average molecular weight is 716 g/mol. The maximum absolute atomic E-state index is 15.6. The molecule has 2 unspecified atom stereocenters. The molecule has 2 atom stereocenters. The summed E-state index contributed by atoms with van der Waals surface area (Å²) in [5, 5.41) is 20.7. The van der Waals surface area contributed by atoms with Crippen molar-refractivity contribution in [3.8, 4) is 5.75 Å². The number of fused-ring (bicyclic) bond motifs is 2. The number of benzene rings is 3. The molecule has 3 aliphatic rings. The summed E-state index contributed by atoms with van der Waals surface area (Å²) in [5.74, 6) is -8.77. The van der Waals surface area contributed by atoms with Gasteiger partial charge in [-0.25, -0.2) is 22.2 Å². The lowest BCUT2D eigenvalue weighted by Crippen LogP contribution is -2.49. The molecular formula is C32H32F3N7O7S. The molecule has 1 aromatic heterocycles. The van der Waals surface area contributed by atoms with Gasteiger partial charge in [-0.3, -0.25) is 43.2 Å². The number of carbonyl (C=O) groups is 4. The minimum Gasteiger partial charge on any atom is -0.506 e. The quantitative estimate of drug-likeness (QED) is 0.161. The number of hydrogen-bond acceptors (Lipinski definition) is 10. The van der Waals surface area contributed by atoms with Gasteiger partial charge in [0.15, 0.2) is 5.82 Å². The minimum absolute atomic E-state index is 0.0384. The van der Waals surface area contributed by atoms with Crippen LogP contribution in [-0.2, 0) is 26.2 Å². The van der Waals surface area contributed by atoms with Crippen LogP contribution in [0.15, 0.2) is 42.5 Å². The summed E-state index contributed by atoms with van der Waals surface area (Å²) in [4.78, 5) is 50.0. The fourth-order valence-corrected chi connectivity index (χ4v) is 8.22. The van der Waals surface area contributed by atoms with Crippen LogP contribution in [0.25, 0.3) is 21.7 Å². The normalized spacial score (nSPS) is 22.8. The van der Waals surface area contributed by atoms with Gasteiger partial charge in [0.25, 0.3) is 11.8 Å². The van der Waals surface area contributed by atoms with E-state index in [-0.39, 0.29) is 48.3 Å². The third-order valence-electron chi connectivity index (χ3n) is 9.33. The zero-order chi connectivity index (χ0) is 35.7. The number of imide groups is 1. The Hall–Kier alpha value is -4.91. The van der Waals surface area contributed by atoms with Gasteiger partial charge in [-0.1, -0.05) is 12.1 Å². The van der Waals surface area contributed by atoms with E-state index in [0.717, 1.165) is 6.07 Å². The summed E-state index contributed by atoms with van der Waals surface area (Å²) < 4.78 is 71.1. The first-order valence-corrected chi connectivity index (χ1v) is 17.1. The molecule has 0 bridgehead atoms. The number of nitrogens with one attached hydrogen (secondary N) is 3. The van der Waals surface area contributed by atoms with Crippen molar-refractivity contribution >= 4 is 67.6 Å². The maximum atomic E-state index is 15.6. The molecular weight excluding hydrogens is 683 g/mol. The highest BCUT2D eigenvalue weighted by Crippen LogP contribution is 2.51. The Morgan fingerprint density at radius 2 is 1.84 bits per heavy atom. The molecule has 3 saturated heterocycles. The van der Waals surface area contributed by atoms with E-state index in [2.05, 4.69) is 15.7 Å². The van der Waals surface area contributed by atoms with Gasteiger partial charge in [-0.2, -0.15) is 5.10 Å². The van der Waals surface area contributed by atoms with E-state index in [1.165, 1.54) is 23.1 Å². The van der Waals surface area contributed by atoms with Crippen LogP contribution < -0.4 is 19.7 Å². The zero-order valence-electron chi connectivity index (χ0n) is 26.5. The molecule has 4 heterocycles. The number of piperidine rings is 2. The number of halogens is 3. The number of hydrogen-bond donors (Lipinski definition) is 6. The predicted molar refractivity (Wildman–Crippen MR) is 177 cm³/mol. The second kappa shape index (κ2) is 12.1. The van der Waals surface area contributed by atoms with Crippen LogP contribution in [0.1, 0.15) is 42.4 Å². The first-order chi connectivity index (χ1) is 23.6. The number of anilines is 2. The molecule has 0 saturated carbocycles. The number of aryl methyl sites for hydroxylation is 1. The molecule has 6 N–H and O–H groups in total. The summed E-state index contributed by atoms with van der Waals surface area (Å²) in [7, 11) is -2.23. The molecule has 4 aromatic rings. The molecule has 7 rings (SSSR count). The molecule has 4 amide bonds. The Morgan fingerprint density at radius 1 is 1.08 bits per heavy atom. The molecule has 3 fully saturated rings. The molecule has 3 aromatic carbocycles. The fraction of sp³-hybridized carbons (Fsp3) is 0.344. The number of aromatic nitrogens is 2. The second-order valence-electron chi connectivity index (χ2n) is 12.7. The molecule has 0 spiro atoms. The van der Waals surface area contributed by atoms with E-state index < -0.39 is 76.8 Å². The van der Waals surface area contributed by atoms with Crippen molar-refractivity contribution in [1.29, 1.82) is 0 Å². The monoisotopic (exact) mass is 715 g/mol. The molecule has 264 valence electrons. The SMILES string of the molecule is Cn1nc(C2CCC(=O)NC2=O)c2ccc(C3CCN(CC(=O)Nc4ccc5c(F)c(N6CC(=O)NS6(O)O)c(O)cc5c4)CC3(F)F)cc21. The van der Waals surface area contributed by atoms with Crippen molar-refractivity contribution in [2.75, 3.05) is 35.8 Å². The number of phenolic OH excluding ortho intramolecular Hbond substituents is 1. The summed E-state index contributed by atoms with van der Waals surface area (Å²) in [5.41, 5.74) is 1.10. The van der Waals surface area contributed by atoms with Crippen molar-refractivity contribution in [3.63, 3.8) is 0 Å². The molecule has 18 heteroatoms. The Kier molecular flexibility index (Phi) is 8.16. The number of alkyl halides is 2. The van der Waals surface area contributed by atoms with Gasteiger partial charge in [0.05, 0.1) is 36.1 Å². The van der Waals surface area contributed by atoms with E-state index in [4.69, 9.17) is 0 Å². The predicted octanol–water partition coefficient (Wildman–Crippen LogP) is 3.67. The van der Waals surface area contributed by atoms with E-state index in [9.17, 15) is 33.4 Å². The molecule has 14 nitrogen and oxygen atoms in total. The highest BCUT2D eigenvalue weighted by atomic mass is 32.3. The van der Waals surface area contributed by atoms with Crippen LogP contribution in [0, 0.1) is 5.82 Å². The number of rotatable bonds is 6. The van der Waals surface area contributed by atoms with Crippen LogP contribution in [0.4, 0.5) is 24.5 Å². The van der Waals surface area contributed by atoms with Crippen LogP contribution >= 0.6 is 11.0 Å². The fourth-order valence-electron chi connectivity index (χ4n) is 7.01. The Morgan fingerprint density at radius 3 is 2.54 bits per heavy atom. The van der Waals surface area contributed by atoms with E-state index in [1.807, 2.05) is 4.72 Å². The third-order valence-corrected chi connectivity index (χ3v) is 10.8.